The van der Waals surface area contributed by atoms with Crippen LogP contribution in [0.2, 0.25) is 0 Å². The van der Waals surface area contributed by atoms with Crippen molar-refractivity contribution in [2.45, 2.75) is 6.61 Å². The molecule has 0 aliphatic heterocycles. The summed E-state index contributed by atoms with van der Waals surface area (Å²) in [4.78, 5) is 11.4. The van der Waals surface area contributed by atoms with Gasteiger partial charge in [-0.25, -0.2) is 4.79 Å². The second-order valence-electron chi connectivity index (χ2n) is 3.79. The van der Waals surface area contributed by atoms with Gasteiger partial charge in [0.2, 0.25) is 0 Å². The number of hydrogen-bond acceptors (Lipinski definition) is 3. The van der Waals surface area contributed by atoms with Crippen LogP contribution in [0.5, 0.6) is 5.75 Å². The van der Waals surface area contributed by atoms with Gasteiger partial charge in [-0.2, -0.15) is 0 Å². The Bertz CT molecular complexity index is 520. The molecule has 0 saturated carbocycles. The minimum atomic E-state index is -0.361. The summed E-state index contributed by atoms with van der Waals surface area (Å²) in [6.07, 6.45) is 0. The third kappa shape index (κ3) is 3.10. The lowest BCUT2D eigenvalue weighted by Gasteiger charge is -2.07. The Balaban J connectivity index is 2.04. The van der Waals surface area contributed by atoms with Gasteiger partial charge in [-0.3, -0.25) is 0 Å². The lowest BCUT2D eigenvalue weighted by atomic mass is 10.2. The van der Waals surface area contributed by atoms with Gasteiger partial charge in [-0.05, 0) is 23.8 Å². The topological polar surface area (TPSA) is 35.5 Å². The molecular formula is C15H14O3. The number of hydrogen-bond donors (Lipinski definition) is 0. The molecule has 0 N–H and O–H groups in total. The van der Waals surface area contributed by atoms with Crippen LogP contribution in [0.4, 0.5) is 0 Å². The van der Waals surface area contributed by atoms with Crippen molar-refractivity contribution < 1.29 is 14.3 Å². The molecule has 92 valence electrons. The average molecular weight is 242 g/mol. The lowest BCUT2D eigenvalue weighted by molar-refractivity contribution is 0.0600. The van der Waals surface area contributed by atoms with Crippen molar-refractivity contribution in [3.63, 3.8) is 0 Å². The summed E-state index contributed by atoms with van der Waals surface area (Å²) in [6.45, 7) is 0.478. The second-order valence-corrected chi connectivity index (χ2v) is 3.79. The summed E-state index contributed by atoms with van der Waals surface area (Å²) in [6, 6.07) is 16.8. The Morgan fingerprint density at radius 2 is 1.83 bits per heavy atom. The SMILES string of the molecule is COC(=O)c1cccc(OCc2ccccc2)c1. The van der Waals surface area contributed by atoms with E-state index in [1.807, 2.05) is 36.4 Å². The number of ether oxygens (including phenoxy) is 2. The molecule has 3 nitrogen and oxygen atoms in total. The molecule has 2 aromatic carbocycles. The molecule has 0 heterocycles. The van der Waals surface area contributed by atoms with Crippen molar-refractivity contribution in [2.75, 3.05) is 7.11 Å². The van der Waals surface area contributed by atoms with Gasteiger partial charge < -0.3 is 9.47 Å². The minimum Gasteiger partial charge on any atom is -0.489 e. The molecule has 0 aliphatic carbocycles. The first-order chi connectivity index (χ1) is 8.79. The van der Waals surface area contributed by atoms with Crippen LogP contribution in [0.25, 0.3) is 0 Å². The third-order valence-electron chi connectivity index (χ3n) is 2.50. The summed E-state index contributed by atoms with van der Waals surface area (Å²) in [7, 11) is 1.36. The van der Waals surface area contributed by atoms with Gasteiger partial charge in [0.15, 0.2) is 0 Å². The fourth-order valence-electron chi connectivity index (χ4n) is 1.57. The number of carbonyl (C=O) groups excluding carboxylic acids is 1. The molecule has 0 amide bonds. The van der Waals surface area contributed by atoms with Crippen molar-refractivity contribution in [3.05, 3.63) is 65.7 Å². The van der Waals surface area contributed by atoms with Crippen LogP contribution in [0.15, 0.2) is 54.6 Å². The quantitative estimate of drug-likeness (QED) is 0.773. The maximum atomic E-state index is 11.4. The van der Waals surface area contributed by atoms with Crippen LogP contribution < -0.4 is 4.74 Å². The fraction of sp³-hybridized carbons (Fsp3) is 0.133. The highest BCUT2D eigenvalue weighted by Gasteiger charge is 2.05. The van der Waals surface area contributed by atoms with Crippen LogP contribution >= 0.6 is 0 Å². The monoisotopic (exact) mass is 242 g/mol. The number of esters is 1. The zero-order valence-corrected chi connectivity index (χ0v) is 10.1. The van der Waals surface area contributed by atoms with E-state index >= 15 is 0 Å². The summed E-state index contributed by atoms with van der Waals surface area (Å²) in [5.41, 5.74) is 1.57. The highest BCUT2D eigenvalue weighted by atomic mass is 16.5. The highest BCUT2D eigenvalue weighted by Crippen LogP contribution is 2.15. The van der Waals surface area contributed by atoms with Gasteiger partial charge in [0, 0.05) is 0 Å². The zero-order valence-electron chi connectivity index (χ0n) is 10.1. The highest BCUT2D eigenvalue weighted by molar-refractivity contribution is 5.89. The fourth-order valence-corrected chi connectivity index (χ4v) is 1.57. The van der Waals surface area contributed by atoms with Gasteiger partial charge >= 0.3 is 5.97 Å². The molecular weight excluding hydrogens is 228 g/mol. The van der Waals surface area contributed by atoms with Crippen LogP contribution in [0.1, 0.15) is 15.9 Å². The first-order valence-corrected chi connectivity index (χ1v) is 5.64. The predicted octanol–water partition coefficient (Wildman–Crippen LogP) is 3.05. The molecule has 0 atom stereocenters. The number of rotatable bonds is 4. The molecule has 3 heteroatoms. The molecule has 0 aromatic heterocycles. The van der Waals surface area contributed by atoms with E-state index in [0.29, 0.717) is 17.9 Å². The summed E-state index contributed by atoms with van der Waals surface area (Å²) >= 11 is 0. The number of methoxy groups -OCH3 is 1. The Hall–Kier alpha value is -2.29. The molecule has 0 bridgehead atoms. The van der Waals surface area contributed by atoms with E-state index < -0.39 is 0 Å². The molecule has 0 radical (unpaired) electrons. The molecule has 2 rings (SSSR count). The number of benzene rings is 2. The standard InChI is InChI=1S/C15H14O3/c1-17-15(16)13-8-5-9-14(10-13)18-11-12-6-3-2-4-7-12/h2-10H,11H2,1H3. The van der Waals surface area contributed by atoms with Gasteiger partial charge in [0.1, 0.15) is 12.4 Å². The van der Waals surface area contributed by atoms with Gasteiger partial charge in [-0.1, -0.05) is 36.4 Å². The maximum Gasteiger partial charge on any atom is 0.337 e. The van der Waals surface area contributed by atoms with Crippen molar-refractivity contribution >= 4 is 5.97 Å². The van der Waals surface area contributed by atoms with Crippen molar-refractivity contribution in [1.82, 2.24) is 0 Å². The van der Waals surface area contributed by atoms with Crippen molar-refractivity contribution in [2.24, 2.45) is 0 Å². The molecule has 0 unspecified atom stereocenters. The normalized spacial score (nSPS) is 9.83. The Kier molecular flexibility index (Phi) is 3.97. The van der Waals surface area contributed by atoms with E-state index in [0.717, 1.165) is 5.56 Å². The van der Waals surface area contributed by atoms with Crippen LogP contribution in [0.3, 0.4) is 0 Å². The molecule has 2 aromatic rings. The Morgan fingerprint density at radius 3 is 2.56 bits per heavy atom. The molecule has 0 fully saturated rings. The lowest BCUT2D eigenvalue weighted by Crippen LogP contribution is -2.02. The Labute approximate surface area is 106 Å². The van der Waals surface area contributed by atoms with Gasteiger partial charge in [0.05, 0.1) is 12.7 Å². The summed E-state index contributed by atoms with van der Waals surface area (Å²) in [5, 5.41) is 0. The molecule has 0 saturated heterocycles. The van der Waals surface area contributed by atoms with Crippen molar-refractivity contribution in [1.29, 1.82) is 0 Å². The van der Waals surface area contributed by atoms with Gasteiger partial charge in [-0.15, -0.1) is 0 Å². The van der Waals surface area contributed by atoms with Gasteiger partial charge in [0.25, 0.3) is 0 Å². The van der Waals surface area contributed by atoms with Crippen LogP contribution in [0, 0.1) is 0 Å². The molecule has 0 aliphatic rings. The predicted molar refractivity (Wildman–Crippen MR) is 68.6 cm³/mol. The van der Waals surface area contributed by atoms with Crippen molar-refractivity contribution in [3.8, 4) is 5.75 Å². The molecule has 0 spiro atoms. The summed E-state index contributed by atoms with van der Waals surface area (Å²) < 4.78 is 10.3. The summed E-state index contributed by atoms with van der Waals surface area (Å²) in [5.74, 6) is 0.293. The third-order valence-corrected chi connectivity index (χ3v) is 2.50. The Morgan fingerprint density at radius 1 is 1.06 bits per heavy atom. The first-order valence-electron chi connectivity index (χ1n) is 5.64. The molecule has 18 heavy (non-hydrogen) atoms. The zero-order chi connectivity index (χ0) is 12.8. The minimum absolute atomic E-state index is 0.361. The smallest absolute Gasteiger partial charge is 0.337 e. The first kappa shape index (κ1) is 12.2. The largest absolute Gasteiger partial charge is 0.489 e. The second kappa shape index (κ2) is 5.87. The maximum absolute atomic E-state index is 11.4. The van der Waals surface area contributed by atoms with Crippen LogP contribution in [-0.2, 0) is 11.3 Å². The van der Waals surface area contributed by atoms with Crippen LogP contribution in [-0.4, -0.2) is 13.1 Å². The van der Waals surface area contributed by atoms with E-state index in [1.165, 1.54) is 7.11 Å². The van der Waals surface area contributed by atoms with E-state index in [4.69, 9.17) is 4.74 Å². The van der Waals surface area contributed by atoms with E-state index in [-0.39, 0.29) is 5.97 Å². The van der Waals surface area contributed by atoms with E-state index in [9.17, 15) is 4.79 Å². The van der Waals surface area contributed by atoms with E-state index in [1.54, 1.807) is 18.2 Å². The number of carbonyl (C=O) groups is 1. The average Bonchev–Trinajstić information content (AvgIpc) is 2.45. The van der Waals surface area contributed by atoms with E-state index in [2.05, 4.69) is 4.74 Å².